The Labute approximate surface area is 168 Å². The van der Waals surface area contributed by atoms with Crippen LogP contribution in [0, 0.1) is 5.92 Å². The van der Waals surface area contributed by atoms with Gasteiger partial charge in [0.15, 0.2) is 5.58 Å². The molecule has 2 aliphatic heterocycles. The van der Waals surface area contributed by atoms with E-state index in [4.69, 9.17) is 13.9 Å². The van der Waals surface area contributed by atoms with E-state index in [2.05, 4.69) is 11.2 Å². The molecule has 0 bridgehead atoms. The monoisotopic (exact) mass is 391 g/mol. The normalized spacial score (nSPS) is 18.1. The summed E-state index contributed by atoms with van der Waals surface area (Å²) in [7, 11) is 3.12. The number of anilines is 1. The molecule has 3 heterocycles. The molecular formula is C22H21N3O4. The summed E-state index contributed by atoms with van der Waals surface area (Å²) in [5.74, 6) is 1.22. The van der Waals surface area contributed by atoms with Gasteiger partial charge in [0.1, 0.15) is 22.6 Å². The zero-order chi connectivity index (χ0) is 20.0. The van der Waals surface area contributed by atoms with Crippen LogP contribution in [-0.4, -0.2) is 49.6 Å². The van der Waals surface area contributed by atoms with Crippen molar-refractivity contribution in [2.75, 3.05) is 38.8 Å². The summed E-state index contributed by atoms with van der Waals surface area (Å²) in [6.07, 6.45) is 2.06. The molecule has 1 atom stereocenters. The number of rotatable bonds is 4. The molecule has 1 fully saturated rings. The van der Waals surface area contributed by atoms with Crippen LogP contribution in [0.2, 0.25) is 0 Å². The van der Waals surface area contributed by atoms with Crippen LogP contribution >= 0.6 is 0 Å². The minimum Gasteiger partial charge on any atom is -0.496 e. The SMILES string of the molecule is COc1cccc(OC)c1C(=O)N1CC2=CN(c3nc4ccccc4o3)CC2C1. The van der Waals surface area contributed by atoms with Crippen molar-refractivity contribution in [1.29, 1.82) is 0 Å². The molecule has 2 aromatic carbocycles. The van der Waals surface area contributed by atoms with Gasteiger partial charge in [-0.1, -0.05) is 18.2 Å². The third-order valence-corrected chi connectivity index (χ3v) is 5.53. The molecule has 7 heteroatoms. The smallest absolute Gasteiger partial charge is 0.302 e. The fourth-order valence-corrected chi connectivity index (χ4v) is 4.10. The molecule has 0 saturated carbocycles. The Bertz CT molecular complexity index is 1060. The number of fused-ring (bicyclic) bond motifs is 2. The number of para-hydroxylation sites is 2. The minimum absolute atomic E-state index is 0.0805. The van der Waals surface area contributed by atoms with Crippen LogP contribution in [0.1, 0.15) is 10.4 Å². The van der Waals surface area contributed by atoms with E-state index in [1.807, 2.05) is 40.1 Å². The Kier molecular flexibility index (Phi) is 4.16. The van der Waals surface area contributed by atoms with Crippen LogP contribution in [0.5, 0.6) is 11.5 Å². The van der Waals surface area contributed by atoms with Crippen LogP contribution < -0.4 is 14.4 Å². The van der Waals surface area contributed by atoms with Crippen LogP contribution in [-0.2, 0) is 0 Å². The molecule has 2 aliphatic rings. The molecule has 148 valence electrons. The largest absolute Gasteiger partial charge is 0.496 e. The standard InChI is InChI=1S/C22H21N3O4/c1-27-18-8-5-9-19(28-2)20(18)21(26)24-10-14-12-25(13-15(14)11-24)22-23-16-6-3-4-7-17(16)29-22/h3-9,12,15H,10-11,13H2,1-2H3. The zero-order valence-electron chi connectivity index (χ0n) is 16.3. The summed E-state index contributed by atoms with van der Waals surface area (Å²) in [5, 5.41) is 0. The lowest BCUT2D eigenvalue weighted by atomic mass is 10.1. The highest BCUT2D eigenvalue weighted by Crippen LogP contribution is 2.36. The zero-order valence-corrected chi connectivity index (χ0v) is 16.3. The van der Waals surface area contributed by atoms with Gasteiger partial charge in [-0.25, -0.2) is 0 Å². The van der Waals surface area contributed by atoms with E-state index in [0.29, 0.717) is 36.2 Å². The maximum Gasteiger partial charge on any atom is 0.302 e. The van der Waals surface area contributed by atoms with Crippen molar-refractivity contribution in [2.45, 2.75) is 0 Å². The van der Waals surface area contributed by atoms with Gasteiger partial charge in [0, 0.05) is 31.8 Å². The average Bonchev–Trinajstić information content (AvgIpc) is 3.44. The summed E-state index contributed by atoms with van der Waals surface area (Å²) < 4.78 is 16.7. The summed E-state index contributed by atoms with van der Waals surface area (Å²) in [6, 6.07) is 13.7. The molecule has 0 radical (unpaired) electrons. The number of oxazole rings is 1. The number of amides is 1. The van der Waals surface area contributed by atoms with Gasteiger partial charge in [-0.3, -0.25) is 4.79 Å². The number of nitrogens with zero attached hydrogens (tertiary/aromatic N) is 3. The fraction of sp³-hybridized carbons (Fsp3) is 0.273. The van der Waals surface area contributed by atoms with Crippen LogP contribution in [0.15, 0.2) is 58.7 Å². The molecule has 29 heavy (non-hydrogen) atoms. The first kappa shape index (κ1) is 17.6. The van der Waals surface area contributed by atoms with E-state index in [9.17, 15) is 4.79 Å². The summed E-state index contributed by atoms with van der Waals surface area (Å²) in [4.78, 5) is 21.7. The van der Waals surface area contributed by atoms with Gasteiger partial charge in [-0.05, 0) is 29.8 Å². The van der Waals surface area contributed by atoms with Crippen LogP contribution in [0.4, 0.5) is 6.01 Å². The molecule has 1 amide bonds. The first-order valence-corrected chi connectivity index (χ1v) is 9.51. The van der Waals surface area contributed by atoms with Crippen molar-refractivity contribution in [3.05, 3.63) is 59.8 Å². The van der Waals surface area contributed by atoms with Crippen molar-refractivity contribution >= 4 is 23.0 Å². The summed E-state index contributed by atoms with van der Waals surface area (Å²) in [6.45, 7) is 1.96. The predicted octanol–water partition coefficient (Wildman–Crippen LogP) is 3.32. The van der Waals surface area contributed by atoms with Gasteiger partial charge in [-0.2, -0.15) is 4.98 Å². The number of aromatic nitrogens is 1. The molecule has 0 aliphatic carbocycles. The van der Waals surface area contributed by atoms with Crippen LogP contribution in [0.3, 0.4) is 0 Å². The van der Waals surface area contributed by atoms with Gasteiger partial charge >= 0.3 is 6.01 Å². The molecule has 5 rings (SSSR count). The number of benzene rings is 2. The molecule has 7 nitrogen and oxygen atoms in total. The second kappa shape index (κ2) is 6.84. The average molecular weight is 391 g/mol. The fourth-order valence-electron chi connectivity index (χ4n) is 4.10. The van der Waals surface area contributed by atoms with Crippen molar-refractivity contribution in [2.24, 2.45) is 5.92 Å². The molecule has 0 N–H and O–H groups in total. The Morgan fingerprint density at radius 2 is 1.83 bits per heavy atom. The second-order valence-corrected chi connectivity index (χ2v) is 7.24. The van der Waals surface area contributed by atoms with Gasteiger partial charge < -0.3 is 23.7 Å². The van der Waals surface area contributed by atoms with Crippen molar-refractivity contribution in [3.8, 4) is 11.5 Å². The first-order chi connectivity index (χ1) is 14.2. The maximum absolute atomic E-state index is 13.2. The first-order valence-electron chi connectivity index (χ1n) is 9.51. The van der Waals surface area contributed by atoms with E-state index in [1.165, 1.54) is 5.57 Å². The number of hydrogen-bond donors (Lipinski definition) is 0. The topological polar surface area (TPSA) is 68.0 Å². The summed E-state index contributed by atoms with van der Waals surface area (Å²) >= 11 is 0. The van der Waals surface area contributed by atoms with Gasteiger partial charge in [-0.15, -0.1) is 0 Å². The molecule has 1 unspecified atom stereocenters. The molecule has 1 saturated heterocycles. The third-order valence-electron chi connectivity index (χ3n) is 5.53. The van der Waals surface area contributed by atoms with Crippen molar-refractivity contribution in [1.82, 2.24) is 9.88 Å². The Morgan fingerprint density at radius 1 is 1.07 bits per heavy atom. The lowest BCUT2D eigenvalue weighted by Crippen LogP contribution is -2.31. The lowest BCUT2D eigenvalue weighted by Gasteiger charge is -2.21. The number of carbonyl (C=O) groups is 1. The van der Waals surface area contributed by atoms with Crippen molar-refractivity contribution < 1.29 is 18.7 Å². The number of methoxy groups -OCH3 is 2. The van der Waals surface area contributed by atoms with E-state index < -0.39 is 0 Å². The van der Waals surface area contributed by atoms with E-state index >= 15 is 0 Å². The Balaban J connectivity index is 1.37. The number of carbonyl (C=O) groups excluding carboxylic acids is 1. The van der Waals surface area contributed by atoms with E-state index in [0.717, 1.165) is 17.6 Å². The highest BCUT2D eigenvalue weighted by Gasteiger charge is 2.38. The van der Waals surface area contributed by atoms with E-state index in [-0.39, 0.29) is 11.8 Å². The predicted molar refractivity (Wildman–Crippen MR) is 108 cm³/mol. The Hall–Kier alpha value is -3.48. The molecule has 1 aromatic heterocycles. The Morgan fingerprint density at radius 3 is 2.52 bits per heavy atom. The number of hydrogen-bond acceptors (Lipinski definition) is 6. The highest BCUT2D eigenvalue weighted by atomic mass is 16.5. The van der Waals surface area contributed by atoms with Crippen molar-refractivity contribution in [3.63, 3.8) is 0 Å². The highest BCUT2D eigenvalue weighted by molar-refractivity contribution is 6.00. The third kappa shape index (κ3) is 2.90. The second-order valence-electron chi connectivity index (χ2n) is 7.24. The quantitative estimate of drug-likeness (QED) is 0.680. The number of likely N-dealkylation sites (tertiary alicyclic amines) is 1. The molecule has 3 aromatic rings. The van der Waals surface area contributed by atoms with Gasteiger partial charge in [0.25, 0.3) is 5.91 Å². The van der Waals surface area contributed by atoms with E-state index in [1.54, 1.807) is 26.4 Å². The molecule has 0 spiro atoms. The minimum atomic E-state index is -0.0805. The summed E-state index contributed by atoms with van der Waals surface area (Å²) in [5.41, 5.74) is 3.29. The van der Waals surface area contributed by atoms with Gasteiger partial charge in [0.2, 0.25) is 0 Å². The number of ether oxygens (including phenoxy) is 2. The lowest BCUT2D eigenvalue weighted by molar-refractivity contribution is 0.0782. The van der Waals surface area contributed by atoms with Gasteiger partial charge in [0.05, 0.1) is 14.2 Å². The maximum atomic E-state index is 13.2. The van der Waals surface area contributed by atoms with Crippen LogP contribution in [0.25, 0.3) is 11.1 Å². The molecular weight excluding hydrogens is 370 g/mol.